The van der Waals surface area contributed by atoms with Crippen LogP contribution in [0.2, 0.25) is 0 Å². The summed E-state index contributed by atoms with van der Waals surface area (Å²) in [7, 11) is 0. The predicted octanol–water partition coefficient (Wildman–Crippen LogP) is 5.72. The third-order valence-corrected chi connectivity index (χ3v) is 8.49. The molecule has 0 saturated heterocycles. The van der Waals surface area contributed by atoms with E-state index in [1.165, 1.54) is 22.0 Å². The molecule has 10 heteroatoms. The van der Waals surface area contributed by atoms with Crippen molar-refractivity contribution < 1.29 is 18.9 Å². The van der Waals surface area contributed by atoms with Crippen LogP contribution in [0.5, 0.6) is 0 Å². The third kappa shape index (κ3) is 5.20. The number of carbonyl (C=O) groups excluding carboxylic acids is 1. The highest BCUT2D eigenvalue weighted by Crippen LogP contribution is 2.35. The van der Waals surface area contributed by atoms with Gasteiger partial charge in [0.2, 0.25) is 0 Å². The predicted molar refractivity (Wildman–Crippen MR) is 168 cm³/mol. The van der Waals surface area contributed by atoms with Gasteiger partial charge in [-0.25, -0.2) is 9.79 Å². The van der Waals surface area contributed by atoms with Crippen molar-refractivity contribution in [2.24, 2.45) is 4.99 Å². The first kappa shape index (κ1) is 28.8. The van der Waals surface area contributed by atoms with Gasteiger partial charge in [-0.05, 0) is 50.1 Å². The fraction of sp³-hybridized carbons (Fsp3) is 0.147. The lowest BCUT2D eigenvalue weighted by molar-refractivity contribution is -0.385. The zero-order valence-corrected chi connectivity index (χ0v) is 25.0. The topological polar surface area (TPSA) is 117 Å². The van der Waals surface area contributed by atoms with E-state index < -0.39 is 16.9 Å². The molecule has 1 unspecified atom stereocenters. The molecule has 1 aliphatic heterocycles. The van der Waals surface area contributed by atoms with Gasteiger partial charge in [-0.15, -0.1) is 0 Å². The van der Waals surface area contributed by atoms with Crippen molar-refractivity contribution in [2.75, 3.05) is 6.61 Å². The summed E-state index contributed by atoms with van der Waals surface area (Å²) in [6.07, 6.45) is 1.63. The summed E-state index contributed by atoms with van der Waals surface area (Å²) < 4.78 is 13.4. The summed E-state index contributed by atoms with van der Waals surface area (Å²) in [5, 5.41) is 11.6. The van der Waals surface area contributed by atoms with E-state index in [9.17, 15) is 19.7 Å². The molecule has 0 spiro atoms. The normalized spacial score (nSPS) is 14.7. The van der Waals surface area contributed by atoms with E-state index in [4.69, 9.17) is 14.1 Å². The van der Waals surface area contributed by atoms with Crippen LogP contribution in [-0.2, 0) is 9.53 Å². The Balaban J connectivity index is 1.53. The smallest absolute Gasteiger partial charge is 0.338 e. The Kier molecular flexibility index (Phi) is 7.67. The Bertz CT molecular complexity index is 2120. The summed E-state index contributed by atoms with van der Waals surface area (Å²) in [4.78, 5) is 44.0. The zero-order valence-electron chi connectivity index (χ0n) is 24.1. The van der Waals surface area contributed by atoms with Crippen LogP contribution in [0, 0.1) is 24.0 Å². The van der Waals surface area contributed by atoms with E-state index in [1.807, 2.05) is 73.7 Å². The molecule has 44 heavy (non-hydrogen) atoms. The number of rotatable bonds is 7. The van der Waals surface area contributed by atoms with Crippen molar-refractivity contribution in [1.82, 2.24) is 4.57 Å². The first-order valence-corrected chi connectivity index (χ1v) is 14.8. The van der Waals surface area contributed by atoms with Crippen LogP contribution in [-0.4, -0.2) is 22.1 Å². The number of nitro benzene ring substituents is 1. The van der Waals surface area contributed by atoms with E-state index in [-0.39, 0.29) is 23.4 Å². The minimum atomic E-state index is -0.771. The Morgan fingerprint density at radius 2 is 1.75 bits per heavy atom. The number of thiazole rings is 1. The van der Waals surface area contributed by atoms with Crippen molar-refractivity contribution in [3.8, 4) is 11.3 Å². The van der Waals surface area contributed by atoms with Gasteiger partial charge in [0.1, 0.15) is 11.5 Å². The molecule has 0 aliphatic carbocycles. The summed E-state index contributed by atoms with van der Waals surface area (Å²) in [5.74, 6) is 0.292. The second-order valence-electron chi connectivity index (χ2n) is 10.2. The lowest BCUT2D eigenvalue weighted by Crippen LogP contribution is -2.39. The molecule has 0 fully saturated rings. The quantitative estimate of drug-likeness (QED) is 0.133. The number of hydrogen-bond donors (Lipinski definition) is 0. The molecular weight excluding hydrogens is 578 g/mol. The lowest BCUT2D eigenvalue weighted by Gasteiger charge is -2.25. The summed E-state index contributed by atoms with van der Waals surface area (Å²) in [6, 6.07) is 24.7. The second kappa shape index (κ2) is 11.7. The number of nitrogens with zero attached hydrogens (tertiary/aromatic N) is 3. The van der Waals surface area contributed by atoms with Crippen molar-refractivity contribution in [2.45, 2.75) is 26.8 Å². The monoisotopic (exact) mass is 605 g/mol. The average Bonchev–Trinajstić information content (AvgIpc) is 3.62. The highest BCUT2D eigenvalue weighted by molar-refractivity contribution is 7.07. The number of ether oxygens (including phenoxy) is 1. The van der Waals surface area contributed by atoms with Gasteiger partial charge in [-0.3, -0.25) is 19.5 Å². The Morgan fingerprint density at radius 1 is 1.05 bits per heavy atom. The fourth-order valence-corrected chi connectivity index (χ4v) is 6.26. The van der Waals surface area contributed by atoms with Crippen molar-refractivity contribution in [1.29, 1.82) is 0 Å². The number of aryl methyl sites for hydroxylation is 1. The van der Waals surface area contributed by atoms with Gasteiger partial charge >= 0.3 is 5.97 Å². The molecule has 220 valence electrons. The van der Waals surface area contributed by atoms with Gasteiger partial charge in [0.25, 0.3) is 11.2 Å². The molecule has 1 atom stereocenters. The van der Waals surface area contributed by atoms with Crippen molar-refractivity contribution >= 4 is 34.8 Å². The number of fused-ring (bicyclic) bond motifs is 1. The standard InChI is InChI=1S/C34H27N3O6S/c1-4-42-33(39)29-30(22-11-7-5-8-12-22)35-34-36(31(29)23-13-9-6-10-14-23)32(38)28(44-34)19-25-15-16-27(43-25)24-17-20(2)21(3)26(18-24)37(40)41/h5-19,31H,4H2,1-3H3/b28-19-. The minimum absolute atomic E-state index is 0.0128. The SMILES string of the molecule is CCOC(=O)C1=C(c2ccccc2)N=c2s/c(=C\c3ccc(-c4cc(C)c(C)c([N+](=O)[O-])c4)o3)c(=O)n2C1c1ccccc1. The maximum absolute atomic E-state index is 14.0. The van der Waals surface area contributed by atoms with Gasteiger partial charge in [0.15, 0.2) is 4.80 Å². The number of carbonyl (C=O) groups is 1. The van der Waals surface area contributed by atoms with E-state index >= 15 is 0 Å². The molecule has 5 aromatic rings. The lowest BCUT2D eigenvalue weighted by atomic mass is 9.93. The Labute approximate surface area is 255 Å². The second-order valence-corrected chi connectivity index (χ2v) is 11.2. The highest BCUT2D eigenvalue weighted by atomic mass is 32.1. The molecule has 0 bridgehead atoms. The van der Waals surface area contributed by atoms with E-state index in [2.05, 4.69) is 0 Å². The number of furan rings is 1. The average molecular weight is 606 g/mol. The molecule has 0 amide bonds. The summed E-state index contributed by atoms with van der Waals surface area (Å²) in [6.45, 7) is 5.43. The van der Waals surface area contributed by atoms with Crippen molar-refractivity contribution in [3.05, 3.63) is 148 Å². The minimum Gasteiger partial charge on any atom is -0.463 e. The molecule has 6 rings (SSSR count). The first-order chi connectivity index (χ1) is 21.3. The highest BCUT2D eigenvalue weighted by Gasteiger charge is 2.35. The maximum atomic E-state index is 14.0. The van der Waals surface area contributed by atoms with Crippen LogP contribution in [0.25, 0.3) is 23.1 Å². The molecule has 0 N–H and O–H groups in total. The van der Waals surface area contributed by atoms with Crippen LogP contribution in [0.15, 0.2) is 105 Å². The van der Waals surface area contributed by atoms with Gasteiger partial charge in [-0.2, -0.15) is 0 Å². The van der Waals surface area contributed by atoms with Crippen LogP contribution in [0.1, 0.15) is 41.0 Å². The number of esters is 1. The molecule has 0 saturated carbocycles. The summed E-state index contributed by atoms with van der Waals surface area (Å²) in [5.41, 5.74) is 3.80. The molecule has 3 aromatic carbocycles. The van der Waals surface area contributed by atoms with E-state index in [0.717, 1.165) is 16.7 Å². The number of nitro groups is 1. The van der Waals surface area contributed by atoms with Crippen LogP contribution in [0.4, 0.5) is 5.69 Å². The zero-order chi connectivity index (χ0) is 31.0. The number of benzene rings is 3. The first-order valence-electron chi connectivity index (χ1n) is 14.0. The molecule has 1 aliphatic rings. The van der Waals surface area contributed by atoms with Gasteiger partial charge in [0, 0.05) is 28.8 Å². The van der Waals surface area contributed by atoms with Crippen LogP contribution in [0.3, 0.4) is 0 Å². The number of aromatic nitrogens is 1. The maximum Gasteiger partial charge on any atom is 0.338 e. The van der Waals surface area contributed by atoms with E-state index in [1.54, 1.807) is 32.1 Å². The number of hydrogen-bond acceptors (Lipinski definition) is 8. The fourth-order valence-electron chi connectivity index (χ4n) is 5.28. The third-order valence-electron chi connectivity index (χ3n) is 7.51. The summed E-state index contributed by atoms with van der Waals surface area (Å²) >= 11 is 1.19. The van der Waals surface area contributed by atoms with Gasteiger partial charge in [0.05, 0.1) is 33.4 Å². The van der Waals surface area contributed by atoms with Crippen LogP contribution >= 0.6 is 11.3 Å². The van der Waals surface area contributed by atoms with Crippen LogP contribution < -0.4 is 14.9 Å². The van der Waals surface area contributed by atoms with E-state index in [0.29, 0.717) is 37.7 Å². The largest absolute Gasteiger partial charge is 0.463 e. The molecule has 9 nitrogen and oxygen atoms in total. The van der Waals surface area contributed by atoms with Gasteiger partial charge in [-0.1, -0.05) is 72.0 Å². The molecular formula is C34H27N3O6S. The molecule has 2 aromatic heterocycles. The Morgan fingerprint density at radius 3 is 2.43 bits per heavy atom. The Hall–Kier alpha value is -5.35. The van der Waals surface area contributed by atoms with Crippen molar-refractivity contribution in [3.63, 3.8) is 0 Å². The van der Waals surface area contributed by atoms with Gasteiger partial charge < -0.3 is 9.15 Å². The molecule has 3 heterocycles. The molecule has 0 radical (unpaired) electrons.